The number of nitrogens with zero attached hydrogens (tertiary/aromatic N) is 3. The summed E-state index contributed by atoms with van der Waals surface area (Å²) in [4.78, 5) is 8.98. The molecular weight excluding hydrogens is 258 g/mol. The lowest BCUT2D eigenvalue weighted by molar-refractivity contribution is 0.272. The van der Waals surface area contributed by atoms with Gasteiger partial charge in [0.05, 0.1) is 0 Å². The molecule has 1 aromatic rings. The molecule has 1 aromatic heterocycles. The van der Waals surface area contributed by atoms with Gasteiger partial charge in [0.25, 0.3) is 0 Å². The van der Waals surface area contributed by atoms with E-state index in [1.165, 1.54) is 19.3 Å². The van der Waals surface area contributed by atoms with Crippen LogP contribution in [0.15, 0.2) is 11.2 Å². The van der Waals surface area contributed by atoms with Crippen molar-refractivity contribution in [3.8, 4) is 0 Å². The molecule has 0 amide bonds. The zero-order valence-electron chi connectivity index (χ0n) is 11.8. The van der Waals surface area contributed by atoms with Crippen LogP contribution >= 0.6 is 11.8 Å². The van der Waals surface area contributed by atoms with E-state index >= 15 is 0 Å². The van der Waals surface area contributed by atoms with Gasteiger partial charge in [0, 0.05) is 25.7 Å². The Balaban J connectivity index is 2.04. The van der Waals surface area contributed by atoms with Crippen molar-refractivity contribution in [2.45, 2.75) is 37.8 Å². The van der Waals surface area contributed by atoms with Crippen molar-refractivity contribution >= 4 is 23.4 Å². The summed E-state index contributed by atoms with van der Waals surface area (Å²) < 4.78 is 0. The van der Waals surface area contributed by atoms with E-state index in [9.17, 15) is 0 Å². The minimum absolute atomic E-state index is 0.806. The van der Waals surface area contributed by atoms with Crippen LogP contribution in [0, 0.1) is 0 Å². The highest BCUT2D eigenvalue weighted by molar-refractivity contribution is 7.98. The maximum Gasteiger partial charge on any atom is 0.191 e. The molecule has 106 valence electrons. The van der Waals surface area contributed by atoms with E-state index in [0.717, 1.165) is 42.8 Å². The molecule has 0 atom stereocenters. The second-order valence-electron chi connectivity index (χ2n) is 4.71. The summed E-state index contributed by atoms with van der Waals surface area (Å²) in [7, 11) is 0. The predicted octanol–water partition coefficient (Wildman–Crippen LogP) is 2.83. The molecule has 0 aliphatic carbocycles. The Hall–Kier alpha value is -1.01. The smallest absolute Gasteiger partial charge is 0.191 e. The summed E-state index contributed by atoms with van der Waals surface area (Å²) >= 11 is 1.57. The molecule has 0 aromatic carbocycles. The molecule has 0 radical (unpaired) electrons. The molecule has 19 heavy (non-hydrogen) atoms. The van der Waals surface area contributed by atoms with Crippen molar-refractivity contribution in [3.05, 3.63) is 6.07 Å². The lowest BCUT2D eigenvalue weighted by atomic mass is 10.2. The Morgan fingerprint density at radius 1 is 1.21 bits per heavy atom. The van der Waals surface area contributed by atoms with Crippen LogP contribution in [0.25, 0.3) is 0 Å². The van der Waals surface area contributed by atoms with Crippen molar-refractivity contribution in [3.63, 3.8) is 0 Å². The fourth-order valence-electron chi connectivity index (χ4n) is 2.09. The van der Waals surface area contributed by atoms with Crippen molar-refractivity contribution in [1.29, 1.82) is 0 Å². The highest BCUT2D eigenvalue weighted by atomic mass is 32.2. The van der Waals surface area contributed by atoms with Crippen LogP contribution in [0.3, 0.4) is 0 Å². The zero-order chi connectivity index (χ0) is 13.5. The number of piperidine rings is 1. The van der Waals surface area contributed by atoms with E-state index in [1.54, 1.807) is 11.8 Å². The zero-order valence-corrected chi connectivity index (χ0v) is 12.6. The third-order valence-electron chi connectivity index (χ3n) is 3.07. The van der Waals surface area contributed by atoms with Crippen LogP contribution in [0.2, 0.25) is 0 Å². The summed E-state index contributed by atoms with van der Waals surface area (Å²) in [5, 5.41) is 6.38. The molecule has 5 nitrogen and oxygen atoms in total. The maximum absolute atomic E-state index is 4.51. The van der Waals surface area contributed by atoms with E-state index in [4.69, 9.17) is 0 Å². The molecule has 1 fully saturated rings. The van der Waals surface area contributed by atoms with Crippen molar-refractivity contribution in [2.24, 2.45) is 0 Å². The summed E-state index contributed by atoms with van der Waals surface area (Å²) in [6.07, 6.45) is 6.95. The van der Waals surface area contributed by atoms with Crippen LogP contribution in [0.1, 0.15) is 32.6 Å². The van der Waals surface area contributed by atoms with E-state index in [1.807, 2.05) is 12.3 Å². The minimum atomic E-state index is 0.806. The number of hydrogen-bond acceptors (Lipinski definition) is 6. The number of thioether (sulfide) groups is 1. The van der Waals surface area contributed by atoms with Gasteiger partial charge in [-0.1, -0.05) is 25.1 Å². The Kier molecular flexibility index (Phi) is 5.72. The van der Waals surface area contributed by atoms with Gasteiger partial charge in [-0.05, 0) is 25.5 Å². The van der Waals surface area contributed by atoms with Crippen molar-refractivity contribution in [1.82, 2.24) is 15.0 Å². The lowest BCUT2D eigenvalue weighted by Gasteiger charge is -2.27. The third-order valence-corrected chi connectivity index (χ3v) is 3.62. The van der Waals surface area contributed by atoms with E-state index in [-0.39, 0.29) is 0 Å². The molecule has 2 N–H and O–H groups in total. The molecule has 2 rings (SSSR count). The van der Waals surface area contributed by atoms with Gasteiger partial charge in [-0.2, -0.15) is 0 Å². The molecule has 0 spiro atoms. The first-order valence-electron chi connectivity index (χ1n) is 7.00. The molecule has 1 aliphatic rings. The lowest BCUT2D eigenvalue weighted by Crippen LogP contribution is -2.35. The van der Waals surface area contributed by atoms with Gasteiger partial charge in [-0.25, -0.2) is 15.0 Å². The predicted molar refractivity (Wildman–Crippen MR) is 81.6 cm³/mol. The number of hydrogen-bond donors (Lipinski definition) is 2. The average Bonchev–Trinajstić information content (AvgIpc) is 2.46. The molecule has 1 aliphatic heterocycles. The summed E-state index contributed by atoms with van der Waals surface area (Å²) in [6.45, 7) is 5.28. The fourth-order valence-corrected chi connectivity index (χ4v) is 2.46. The molecule has 1 saturated heterocycles. The van der Waals surface area contributed by atoms with E-state index < -0.39 is 0 Å². The average molecular weight is 281 g/mol. The number of hydrazine groups is 1. The topological polar surface area (TPSA) is 53.1 Å². The minimum Gasteiger partial charge on any atom is -0.370 e. The number of aromatic nitrogens is 2. The highest BCUT2D eigenvalue weighted by Gasteiger charge is 2.11. The van der Waals surface area contributed by atoms with Gasteiger partial charge in [-0.3, -0.25) is 0 Å². The van der Waals surface area contributed by atoms with Crippen LogP contribution < -0.4 is 10.7 Å². The Labute approximate surface area is 119 Å². The first-order chi connectivity index (χ1) is 9.31. The highest BCUT2D eigenvalue weighted by Crippen LogP contribution is 2.19. The first-order valence-corrected chi connectivity index (χ1v) is 8.23. The quantitative estimate of drug-likeness (QED) is 0.618. The Bertz CT molecular complexity index is 393. The molecule has 2 heterocycles. The normalized spacial score (nSPS) is 16.3. The monoisotopic (exact) mass is 281 g/mol. The second-order valence-corrected chi connectivity index (χ2v) is 5.48. The number of anilines is 2. The second kappa shape index (κ2) is 7.55. The van der Waals surface area contributed by atoms with Gasteiger partial charge in [0.15, 0.2) is 5.16 Å². The third kappa shape index (κ3) is 4.54. The fraction of sp³-hybridized carbons (Fsp3) is 0.692. The van der Waals surface area contributed by atoms with E-state index in [2.05, 4.69) is 32.6 Å². The van der Waals surface area contributed by atoms with Gasteiger partial charge < -0.3 is 10.7 Å². The first kappa shape index (κ1) is 14.4. The summed E-state index contributed by atoms with van der Waals surface area (Å²) in [5.41, 5.74) is 3.40. The summed E-state index contributed by atoms with van der Waals surface area (Å²) in [5.74, 6) is 1.79. The van der Waals surface area contributed by atoms with Gasteiger partial charge in [0.1, 0.15) is 11.6 Å². The molecule has 6 heteroatoms. The maximum atomic E-state index is 4.51. The van der Waals surface area contributed by atoms with E-state index in [0.29, 0.717) is 0 Å². The number of nitrogens with one attached hydrogen (secondary N) is 2. The largest absolute Gasteiger partial charge is 0.370 e. The number of rotatable bonds is 6. The standard InChI is InChI=1S/C13H23N5S/c1-3-7-14-11-10-12(16-13(15-11)19-2)17-18-8-5-4-6-9-18/h10H,3-9H2,1-2H3,(H2,14,15,16,17). The van der Waals surface area contributed by atoms with Crippen LogP contribution in [-0.4, -0.2) is 40.9 Å². The van der Waals surface area contributed by atoms with Gasteiger partial charge in [-0.15, -0.1) is 0 Å². The van der Waals surface area contributed by atoms with Crippen LogP contribution in [0.5, 0.6) is 0 Å². The van der Waals surface area contributed by atoms with Crippen LogP contribution in [0.4, 0.5) is 11.6 Å². The Morgan fingerprint density at radius 3 is 2.63 bits per heavy atom. The molecule has 0 saturated carbocycles. The van der Waals surface area contributed by atoms with Gasteiger partial charge >= 0.3 is 0 Å². The SMILES string of the molecule is CCCNc1cc(NN2CCCCC2)nc(SC)n1. The molecule has 0 bridgehead atoms. The van der Waals surface area contributed by atoms with Crippen LogP contribution in [-0.2, 0) is 0 Å². The van der Waals surface area contributed by atoms with Crippen molar-refractivity contribution < 1.29 is 0 Å². The molecule has 0 unspecified atom stereocenters. The molecular formula is C13H23N5S. The van der Waals surface area contributed by atoms with Gasteiger partial charge in [0.2, 0.25) is 0 Å². The Morgan fingerprint density at radius 2 is 1.95 bits per heavy atom. The van der Waals surface area contributed by atoms with Crippen molar-refractivity contribution in [2.75, 3.05) is 36.6 Å². The summed E-state index contributed by atoms with van der Waals surface area (Å²) in [6, 6.07) is 1.99.